The van der Waals surface area contributed by atoms with Gasteiger partial charge in [-0.1, -0.05) is 75.4 Å². The van der Waals surface area contributed by atoms with Crippen LogP contribution in [0.2, 0.25) is 0 Å². The monoisotopic (exact) mass is 539 g/mol. The Morgan fingerprint density at radius 2 is 1.77 bits per heavy atom. The summed E-state index contributed by atoms with van der Waals surface area (Å²) in [6.07, 6.45) is 2.01. The number of ether oxygens (including phenoxy) is 1. The predicted molar refractivity (Wildman–Crippen MR) is 154 cm³/mol. The minimum atomic E-state index is -0.957. The van der Waals surface area contributed by atoms with Crippen molar-refractivity contribution in [1.29, 1.82) is 0 Å². The lowest BCUT2D eigenvalue weighted by Gasteiger charge is -2.24. The maximum Gasteiger partial charge on any atom is 0.331 e. The highest BCUT2D eigenvalue weighted by atomic mass is 16.5. The molecule has 0 spiro atoms. The van der Waals surface area contributed by atoms with E-state index in [1.54, 1.807) is 37.3 Å². The number of carboxylic acid groups (broad SMARTS) is 1. The molecule has 0 saturated carbocycles. The van der Waals surface area contributed by atoms with Crippen molar-refractivity contribution < 1.29 is 24.2 Å². The molecule has 1 aliphatic heterocycles. The Balaban J connectivity index is 1.48. The van der Waals surface area contributed by atoms with Gasteiger partial charge in [0.25, 0.3) is 5.91 Å². The van der Waals surface area contributed by atoms with Gasteiger partial charge in [-0.15, -0.1) is 5.10 Å². The molecule has 2 amide bonds. The number of benzene rings is 3. The highest BCUT2D eigenvalue weighted by Crippen LogP contribution is 2.27. The predicted octanol–water partition coefficient (Wildman–Crippen LogP) is 5.66. The lowest BCUT2D eigenvalue weighted by Crippen LogP contribution is -2.36. The largest absolute Gasteiger partial charge is 0.478 e. The zero-order valence-electron chi connectivity index (χ0n) is 22.8. The van der Waals surface area contributed by atoms with Gasteiger partial charge in [0.15, 0.2) is 6.61 Å². The number of carbonyl (C=O) groups is 3. The topological polar surface area (TPSA) is 108 Å². The molecule has 0 aliphatic carbocycles. The average Bonchev–Trinajstić information content (AvgIpc) is 2.94. The standard InChI is InChI=1S/C32H33N3O5/c1-4-24(32(38)39)17-23-9-8-12-27(18-23)33-30(37)29(21(2)3)25-15-13-22(14-16-25)19-35-28(36)20-40-31(34-35)26-10-6-5-7-11-26/h5-18,21,29H,4,19-20H2,1-3H3,(H,33,37)(H,38,39). The van der Waals surface area contributed by atoms with Gasteiger partial charge in [0.2, 0.25) is 11.8 Å². The summed E-state index contributed by atoms with van der Waals surface area (Å²) in [5.74, 6) is -1.32. The molecule has 3 aromatic rings. The Morgan fingerprint density at radius 1 is 1.05 bits per heavy atom. The maximum absolute atomic E-state index is 13.4. The van der Waals surface area contributed by atoms with Crippen molar-refractivity contribution in [3.05, 3.63) is 107 Å². The minimum Gasteiger partial charge on any atom is -0.478 e. The third kappa shape index (κ3) is 7.02. The van der Waals surface area contributed by atoms with Crippen LogP contribution in [0.3, 0.4) is 0 Å². The first-order valence-electron chi connectivity index (χ1n) is 13.3. The van der Waals surface area contributed by atoms with E-state index in [9.17, 15) is 19.5 Å². The Labute approximate surface area is 234 Å². The first kappa shape index (κ1) is 28.3. The number of rotatable bonds is 10. The van der Waals surface area contributed by atoms with Gasteiger partial charge in [0, 0.05) is 16.8 Å². The number of hydrazone groups is 1. The summed E-state index contributed by atoms with van der Waals surface area (Å²) in [6, 6.07) is 24.2. The fraction of sp³-hybridized carbons (Fsp3) is 0.250. The molecule has 0 bridgehead atoms. The molecule has 1 unspecified atom stereocenters. The first-order valence-corrected chi connectivity index (χ1v) is 13.3. The molecule has 0 fully saturated rings. The summed E-state index contributed by atoms with van der Waals surface area (Å²) < 4.78 is 5.52. The molecule has 4 rings (SSSR count). The van der Waals surface area contributed by atoms with Crippen molar-refractivity contribution in [2.24, 2.45) is 11.0 Å². The molecule has 1 aliphatic rings. The van der Waals surface area contributed by atoms with Crippen molar-refractivity contribution in [3.63, 3.8) is 0 Å². The minimum absolute atomic E-state index is 0.0199. The van der Waals surface area contributed by atoms with Crippen LogP contribution in [0, 0.1) is 5.92 Å². The van der Waals surface area contributed by atoms with E-state index in [1.807, 2.05) is 68.4 Å². The molecule has 0 radical (unpaired) electrons. The Morgan fingerprint density at radius 3 is 2.42 bits per heavy atom. The van der Waals surface area contributed by atoms with Crippen molar-refractivity contribution >= 4 is 35.4 Å². The molecule has 206 valence electrons. The van der Waals surface area contributed by atoms with Crippen LogP contribution in [0.1, 0.15) is 55.4 Å². The number of hydrogen-bond acceptors (Lipinski definition) is 5. The Hall–Kier alpha value is -4.72. The molecular formula is C32H33N3O5. The molecule has 8 heteroatoms. The number of hydrogen-bond donors (Lipinski definition) is 2. The fourth-order valence-corrected chi connectivity index (χ4v) is 4.53. The molecule has 3 aromatic carbocycles. The highest BCUT2D eigenvalue weighted by molar-refractivity contribution is 5.98. The summed E-state index contributed by atoms with van der Waals surface area (Å²) in [7, 11) is 0. The normalized spacial score (nSPS) is 14.4. The number of anilines is 1. The van der Waals surface area contributed by atoms with Gasteiger partial charge in [-0.2, -0.15) is 0 Å². The number of nitrogens with one attached hydrogen (secondary N) is 1. The van der Waals surface area contributed by atoms with E-state index >= 15 is 0 Å². The van der Waals surface area contributed by atoms with Crippen molar-refractivity contribution in [1.82, 2.24) is 5.01 Å². The van der Waals surface area contributed by atoms with Crippen LogP contribution in [0.25, 0.3) is 6.08 Å². The van der Waals surface area contributed by atoms with Crippen LogP contribution in [-0.4, -0.2) is 40.4 Å². The van der Waals surface area contributed by atoms with Crippen LogP contribution < -0.4 is 5.32 Å². The number of carboxylic acids is 1. The highest BCUT2D eigenvalue weighted by Gasteiger charge is 2.26. The Kier molecular flexibility index (Phi) is 9.11. The lowest BCUT2D eigenvalue weighted by molar-refractivity contribution is -0.136. The molecular weight excluding hydrogens is 506 g/mol. The van der Waals surface area contributed by atoms with Gasteiger partial charge >= 0.3 is 5.97 Å². The van der Waals surface area contributed by atoms with E-state index in [2.05, 4.69) is 10.4 Å². The van der Waals surface area contributed by atoms with E-state index in [0.29, 0.717) is 29.1 Å². The fourth-order valence-electron chi connectivity index (χ4n) is 4.53. The first-order chi connectivity index (χ1) is 19.2. The zero-order chi connectivity index (χ0) is 28.6. The number of carbonyl (C=O) groups excluding carboxylic acids is 2. The Bertz CT molecular complexity index is 1430. The van der Waals surface area contributed by atoms with E-state index in [0.717, 1.165) is 16.7 Å². The quantitative estimate of drug-likeness (QED) is 0.323. The van der Waals surface area contributed by atoms with Crippen LogP contribution >= 0.6 is 0 Å². The smallest absolute Gasteiger partial charge is 0.331 e. The second kappa shape index (κ2) is 12.9. The van der Waals surface area contributed by atoms with Gasteiger partial charge in [0.05, 0.1) is 12.5 Å². The van der Waals surface area contributed by atoms with Gasteiger partial charge in [-0.05, 0) is 59.4 Å². The van der Waals surface area contributed by atoms with Crippen molar-refractivity contribution in [3.8, 4) is 0 Å². The van der Waals surface area contributed by atoms with Crippen LogP contribution in [0.15, 0.2) is 89.5 Å². The summed E-state index contributed by atoms with van der Waals surface area (Å²) in [6.45, 7) is 5.98. The summed E-state index contributed by atoms with van der Waals surface area (Å²) in [5, 5.41) is 18.1. The van der Waals surface area contributed by atoms with E-state index in [1.165, 1.54) is 5.01 Å². The molecule has 2 N–H and O–H groups in total. The van der Waals surface area contributed by atoms with Crippen LogP contribution in [0.4, 0.5) is 5.69 Å². The van der Waals surface area contributed by atoms with Crippen molar-refractivity contribution in [2.45, 2.75) is 39.7 Å². The van der Waals surface area contributed by atoms with Gasteiger partial charge in [-0.25, -0.2) is 9.80 Å². The molecule has 0 saturated heterocycles. The average molecular weight is 540 g/mol. The van der Waals surface area contributed by atoms with Gasteiger partial charge in [-0.3, -0.25) is 9.59 Å². The lowest BCUT2D eigenvalue weighted by atomic mass is 9.87. The molecule has 8 nitrogen and oxygen atoms in total. The molecule has 40 heavy (non-hydrogen) atoms. The van der Waals surface area contributed by atoms with Gasteiger partial charge < -0.3 is 15.2 Å². The van der Waals surface area contributed by atoms with E-state index in [-0.39, 0.29) is 30.9 Å². The molecule has 1 atom stereocenters. The third-order valence-corrected chi connectivity index (χ3v) is 6.62. The molecule has 0 aromatic heterocycles. The van der Waals surface area contributed by atoms with E-state index in [4.69, 9.17) is 4.74 Å². The summed E-state index contributed by atoms with van der Waals surface area (Å²) in [5.41, 5.74) is 4.13. The van der Waals surface area contributed by atoms with Crippen molar-refractivity contribution in [2.75, 3.05) is 11.9 Å². The summed E-state index contributed by atoms with van der Waals surface area (Å²) in [4.78, 5) is 37.2. The van der Waals surface area contributed by atoms with Gasteiger partial charge in [0.1, 0.15) is 0 Å². The third-order valence-electron chi connectivity index (χ3n) is 6.62. The summed E-state index contributed by atoms with van der Waals surface area (Å²) >= 11 is 0. The maximum atomic E-state index is 13.4. The van der Waals surface area contributed by atoms with E-state index < -0.39 is 11.9 Å². The van der Waals surface area contributed by atoms with Crippen LogP contribution in [0.5, 0.6) is 0 Å². The number of aliphatic carboxylic acids is 1. The number of nitrogens with zero attached hydrogens (tertiary/aromatic N) is 2. The second-order valence-corrected chi connectivity index (χ2v) is 9.92. The number of amides is 2. The second-order valence-electron chi connectivity index (χ2n) is 9.92. The zero-order valence-corrected chi connectivity index (χ0v) is 22.8. The molecule has 1 heterocycles. The SMILES string of the molecule is CCC(=Cc1cccc(NC(=O)C(c2ccc(CN3N=C(c4ccccc4)OCC3=O)cc2)C(C)C)c1)C(=O)O. The van der Waals surface area contributed by atoms with Crippen LogP contribution in [-0.2, 0) is 25.7 Å².